The number of hydrogen-bond donors (Lipinski definition) is 2. The van der Waals surface area contributed by atoms with Crippen LogP contribution in [0, 0.1) is 60.2 Å². The van der Waals surface area contributed by atoms with Crippen molar-refractivity contribution in [3.8, 4) is 11.5 Å². The molecule has 0 aromatic heterocycles. The first kappa shape index (κ1) is 63.9. The van der Waals surface area contributed by atoms with Crippen LogP contribution in [0.15, 0.2) is 24.3 Å². The second-order valence-corrected chi connectivity index (χ2v) is 31.5. The summed E-state index contributed by atoms with van der Waals surface area (Å²) in [4.78, 5) is 68.0. The molecule has 12 fully saturated rings. The molecule has 3 N–H and O–H groups in total. The van der Waals surface area contributed by atoms with Crippen LogP contribution in [0.4, 0.5) is 0 Å². The van der Waals surface area contributed by atoms with Gasteiger partial charge in [-0.05, 0) is 228 Å². The Hall–Kier alpha value is -4.68. The number of carbonyl (C=O) groups excluding carboxylic acids is 5. The second-order valence-electron chi connectivity index (χ2n) is 31.5. The molecule has 4 bridgehead atoms. The summed E-state index contributed by atoms with van der Waals surface area (Å²) >= 11 is 0. The molecule has 87 heavy (non-hydrogen) atoms. The van der Waals surface area contributed by atoms with Gasteiger partial charge in [0, 0.05) is 30.8 Å². The van der Waals surface area contributed by atoms with Crippen LogP contribution in [0.5, 0.6) is 11.5 Å². The maximum atomic E-state index is 13.5. The van der Waals surface area contributed by atoms with Crippen LogP contribution >= 0.6 is 0 Å². The minimum Gasteiger partial charge on any atom is -0.486 e. The van der Waals surface area contributed by atoms with E-state index in [2.05, 4.69) is 46.9 Å². The van der Waals surface area contributed by atoms with Gasteiger partial charge in [-0.3, -0.25) is 14.4 Å². The van der Waals surface area contributed by atoms with Gasteiger partial charge in [0.05, 0.1) is 49.6 Å². The van der Waals surface area contributed by atoms with Crippen molar-refractivity contribution in [2.45, 2.75) is 252 Å². The minimum absolute atomic E-state index is 0.0244. The summed E-state index contributed by atoms with van der Waals surface area (Å²) in [6.07, 6.45) is 12.2. The number of carbonyl (C=O) groups is 5. The Morgan fingerprint density at radius 1 is 0.598 bits per heavy atom. The molecule has 4 heterocycles. The molecule has 8 saturated carbocycles. The monoisotopic (exact) mass is 1200 g/mol. The molecular formula is C68H100B2N4O13. The number of nitrogens with zero attached hydrogens (tertiary/aromatic N) is 2. The molecule has 0 spiro atoms. The lowest BCUT2D eigenvalue weighted by Crippen LogP contribution is -2.65. The van der Waals surface area contributed by atoms with Gasteiger partial charge in [0.25, 0.3) is 0 Å². The Bertz CT molecular complexity index is 2980. The molecule has 12 atom stereocenters. The smallest absolute Gasteiger partial charge is 0.457 e. The number of rotatable bonds is 15. The normalized spacial score (nSPS) is 32.7. The summed E-state index contributed by atoms with van der Waals surface area (Å²) in [5.74, 6) is 2.87. The van der Waals surface area contributed by atoms with Crippen molar-refractivity contribution in [3.63, 3.8) is 0 Å². The fourth-order valence-electron chi connectivity index (χ4n) is 17.2. The third-order valence-corrected chi connectivity index (χ3v) is 22.5. The molecule has 4 aliphatic heterocycles. The number of nitrogens with one attached hydrogen (secondary N) is 1. The predicted octanol–water partition coefficient (Wildman–Crippen LogP) is 10.1. The van der Waals surface area contributed by atoms with E-state index in [9.17, 15) is 24.0 Å². The first-order valence-electron chi connectivity index (χ1n) is 33.0. The van der Waals surface area contributed by atoms with Gasteiger partial charge in [0.1, 0.15) is 46.0 Å². The van der Waals surface area contributed by atoms with E-state index in [0.29, 0.717) is 96.6 Å². The van der Waals surface area contributed by atoms with Crippen LogP contribution in [-0.4, -0.2) is 139 Å². The number of hydrogen-bond acceptors (Lipinski definition) is 14. The summed E-state index contributed by atoms with van der Waals surface area (Å²) in [6, 6.07) is 8.03. The van der Waals surface area contributed by atoms with E-state index in [4.69, 9.17) is 43.3 Å². The van der Waals surface area contributed by atoms with E-state index in [0.717, 1.165) is 85.9 Å². The molecule has 2 aromatic rings. The number of ether oxygens (including phenoxy) is 4. The van der Waals surface area contributed by atoms with E-state index in [-0.39, 0.29) is 91.5 Å². The van der Waals surface area contributed by atoms with Crippen LogP contribution in [-0.2, 0) is 55.3 Å². The molecule has 17 nitrogen and oxygen atoms in total. The fraction of sp³-hybridized carbons (Fsp3) is 0.750. The molecular weight excluding hydrogens is 1100 g/mol. The molecule has 8 aliphatic carbocycles. The Morgan fingerprint density at radius 2 is 1.01 bits per heavy atom. The molecule has 3 amide bonds. The van der Waals surface area contributed by atoms with Crippen LogP contribution in [0.2, 0.25) is 12.6 Å². The third kappa shape index (κ3) is 12.6. The van der Waals surface area contributed by atoms with Crippen LogP contribution in [0.25, 0.3) is 0 Å². The van der Waals surface area contributed by atoms with Gasteiger partial charge < -0.3 is 58.4 Å². The third-order valence-electron chi connectivity index (χ3n) is 22.5. The summed E-state index contributed by atoms with van der Waals surface area (Å²) in [6.45, 7) is 32.6. The molecule has 4 saturated heterocycles. The van der Waals surface area contributed by atoms with E-state index in [1.165, 1.54) is 19.8 Å². The van der Waals surface area contributed by atoms with Gasteiger partial charge >= 0.3 is 26.2 Å². The highest BCUT2D eigenvalue weighted by molar-refractivity contribution is 6.45. The van der Waals surface area contributed by atoms with Crippen molar-refractivity contribution in [3.05, 3.63) is 57.6 Å². The second kappa shape index (κ2) is 23.5. The Morgan fingerprint density at radius 3 is 1.39 bits per heavy atom. The zero-order valence-electron chi connectivity index (χ0n) is 54.9. The first-order chi connectivity index (χ1) is 40.7. The van der Waals surface area contributed by atoms with Crippen molar-refractivity contribution >= 4 is 43.9 Å². The van der Waals surface area contributed by atoms with E-state index < -0.39 is 23.1 Å². The van der Waals surface area contributed by atoms with Crippen LogP contribution < -0.4 is 20.5 Å². The fourth-order valence-corrected chi connectivity index (χ4v) is 17.2. The van der Waals surface area contributed by atoms with E-state index in [1.807, 2.05) is 89.5 Å². The predicted molar refractivity (Wildman–Crippen MR) is 332 cm³/mol. The minimum atomic E-state index is -0.654. The largest absolute Gasteiger partial charge is 0.486 e. The van der Waals surface area contributed by atoms with E-state index in [1.54, 1.807) is 0 Å². The molecule has 0 unspecified atom stereocenters. The zero-order valence-corrected chi connectivity index (χ0v) is 54.9. The Balaban J connectivity index is 0.000000181. The lowest BCUT2D eigenvalue weighted by molar-refractivity contribution is -0.199. The molecule has 0 radical (unpaired) electrons. The molecule has 476 valence electrons. The van der Waals surface area contributed by atoms with E-state index >= 15 is 0 Å². The Kier molecular flexibility index (Phi) is 17.3. The average Bonchev–Trinajstić information content (AvgIpc) is 1.68. The first-order valence-corrected chi connectivity index (χ1v) is 33.0. The van der Waals surface area contributed by atoms with Crippen molar-refractivity contribution in [2.75, 3.05) is 26.2 Å². The highest BCUT2D eigenvalue weighted by atomic mass is 16.7. The van der Waals surface area contributed by atoms with Crippen LogP contribution in [0.3, 0.4) is 0 Å². The van der Waals surface area contributed by atoms with Gasteiger partial charge in [-0.15, -0.1) is 0 Å². The number of benzene rings is 2. The van der Waals surface area contributed by atoms with Crippen molar-refractivity contribution < 1.29 is 61.5 Å². The summed E-state index contributed by atoms with van der Waals surface area (Å²) < 4.78 is 50.5. The quantitative estimate of drug-likeness (QED) is 0.126. The van der Waals surface area contributed by atoms with Gasteiger partial charge in [-0.1, -0.05) is 39.8 Å². The van der Waals surface area contributed by atoms with Crippen molar-refractivity contribution in [2.24, 2.45) is 52.1 Å². The van der Waals surface area contributed by atoms with Gasteiger partial charge in [-0.25, -0.2) is 9.59 Å². The highest BCUT2D eigenvalue weighted by Crippen LogP contribution is 2.67. The summed E-state index contributed by atoms with van der Waals surface area (Å²) in [5.41, 5.74) is 9.60. The molecule has 12 aliphatic rings. The van der Waals surface area contributed by atoms with Crippen molar-refractivity contribution in [1.29, 1.82) is 0 Å². The van der Waals surface area contributed by atoms with Gasteiger partial charge in [0.2, 0.25) is 17.7 Å². The van der Waals surface area contributed by atoms with Crippen molar-refractivity contribution in [1.82, 2.24) is 15.1 Å². The number of nitrogens with two attached hydrogens (primary N) is 1. The standard InChI is InChI=1S/C35H51BN2O7.C33H49BN2O6/c1-20-22(13-14-36-44-29-17-24-16-28(34(24,6)7)35(29,8)45-36)10-12-27(30(20)32(41)43-33(3,4)5)42-26-18-38(19-26)31(40)23-9-11-25(15-23)37-21(2)39;1-19-20(12-13-34-41-27-16-22-15-26(32(22,5)6)33(27,7)42-34)9-11-25(28(19)30(38)40-31(2,3)4)39-24-17-36(18-24)29(37)21-8-10-23(35)14-21/h10,12,23-26,28-29H,9,11,13-19H2,1-8H3,(H,37,39);9,11,21-24,26-27H,8,10,12-18,35H2,1-7H3/t23-,24-,25-,28-,29+,35-;21-,22-,23-,26-,27+,33-/m00/s1. The molecule has 19 heteroatoms. The number of amides is 3. The maximum Gasteiger partial charge on any atom is 0.457 e. The topological polar surface area (TPSA) is 204 Å². The maximum absolute atomic E-state index is 13.5. The lowest BCUT2D eigenvalue weighted by Gasteiger charge is -2.64. The lowest BCUT2D eigenvalue weighted by atomic mass is 9.43. The van der Waals surface area contributed by atoms with Gasteiger partial charge in [-0.2, -0.15) is 0 Å². The number of likely N-dealkylation sites (tertiary alicyclic amines) is 2. The van der Waals surface area contributed by atoms with Gasteiger partial charge in [0.15, 0.2) is 0 Å². The molecule has 14 rings (SSSR count). The summed E-state index contributed by atoms with van der Waals surface area (Å²) in [5, 5.41) is 2.94. The Labute approximate surface area is 518 Å². The number of aryl methyl sites for hydroxylation is 2. The number of esters is 2. The SMILES string of the molecule is CC(=O)N[C@H]1CC[C@H](C(=O)N2CC(Oc3ccc(CCB4O[C@@H]5C[C@@H]6C[C@@H](C6(C)C)[C@]5(C)O4)c(C)c3C(=O)OC(C)(C)C)C2)C1.Cc1c(CCB2O[C@@H]3C[C@@H]4C[C@@H](C4(C)C)[C@]3(C)O2)ccc(OC2CN(C(=O)[C@H]3CC[C@H](N)C3)C2)c1C(=O)OC(C)(C)C. The summed E-state index contributed by atoms with van der Waals surface area (Å²) in [7, 11) is -0.509. The highest BCUT2D eigenvalue weighted by Gasteiger charge is 2.69. The zero-order chi connectivity index (χ0) is 62.7. The molecule has 2 aromatic carbocycles. The average molecular weight is 1200 g/mol. The van der Waals surface area contributed by atoms with Crippen LogP contribution in [0.1, 0.15) is 197 Å².